The van der Waals surface area contributed by atoms with Crippen molar-refractivity contribution in [1.29, 1.82) is 0 Å². The first-order valence-corrected chi connectivity index (χ1v) is 6.72. The van der Waals surface area contributed by atoms with Crippen LogP contribution in [-0.2, 0) is 6.54 Å². The fourth-order valence-electron chi connectivity index (χ4n) is 1.88. The number of halogens is 1. The van der Waals surface area contributed by atoms with E-state index in [1.54, 1.807) is 13.3 Å². The van der Waals surface area contributed by atoms with E-state index in [-0.39, 0.29) is 5.92 Å². The number of aromatic nitrogens is 3. The van der Waals surface area contributed by atoms with Crippen LogP contribution in [0.25, 0.3) is 0 Å². The minimum Gasteiger partial charge on any atom is -0.481 e. The lowest BCUT2D eigenvalue weighted by Gasteiger charge is -2.14. The summed E-state index contributed by atoms with van der Waals surface area (Å²) in [6, 6.07) is 3.80. The Labute approximate surface area is 123 Å². The molecule has 2 heterocycles. The third kappa shape index (κ3) is 3.36. The van der Waals surface area contributed by atoms with Crippen molar-refractivity contribution in [2.75, 3.05) is 12.4 Å². The summed E-state index contributed by atoms with van der Waals surface area (Å²) in [5.41, 5.74) is 1.98. The molecule has 0 saturated heterocycles. The van der Waals surface area contributed by atoms with Gasteiger partial charge >= 0.3 is 0 Å². The Morgan fingerprint density at radius 2 is 2.10 bits per heavy atom. The van der Waals surface area contributed by atoms with Crippen molar-refractivity contribution in [3.05, 3.63) is 40.9 Å². The number of nitrogens with zero attached hydrogens (tertiary/aromatic N) is 3. The Kier molecular flexibility index (Phi) is 4.74. The predicted octanol–water partition coefficient (Wildman–Crippen LogP) is 3.27. The monoisotopic (exact) mass is 292 g/mol. The van der Waals surface area contributed by atoms with Gasteiger partial charge in [-0.3, -0.25) is 0 Å². The summed E-state index contributed by atoms with van der Waals surface area (Å²) in [6.07, 6.45) is 3.18. The van der Waals surface area contributed by atoms with Crippen molar-refractivity contribution in [2.24, 2.45) is 0 Å². The molecular formula is C14H17ClN4O. The van der Waals surface area contributed by atoms with Gasteiger partial charge in [-0.2, -0.15) is 0 Å². The summed E-state index contributed by atoms with van der Waals surface area (Å²) < 4.78 is 5.10. The molecular weight excluding hydrogens is 276 g/mol. The van der Waals surface area contributed by atoms with Crippen molar-refractivity contribution in [2.45, 2.75) is 26.3 Å². The average Bonchev–Trinajstić information content (AvgIpc) is 2.45. The molecule has 0 amide bonds. The quantitative estimate of drug-likeness (QED) is 0.857. The van der Waals surface area contributed by atoms with Crippen molar-refractivity contribution >= 4 is 17.4 Å². The van der Waals surface area contributed by atoms with E-state index in [9.17, 15) is 0 Å². The van der Waals surface area contributed by atoms with Crippen LogP contribution in [0.3, 0.4) is 0 Å². The number of hydrogen-bond acceptors (Lipinski definition) is 5. The van der Waals surface area contributed by atoms with E-state index in [0.29, 0.717) is 17.6 Å². The third-order valence-electron chi connectivity index (χ3n) is 2.88. The van der Waals surface area contributed by atoms with E-state index in [2.05, 4.69) is 34.1 Å². The summed E-state index contributed by atoms with van der Waals surface area (Å²) >= 11 is 6.13. The first-order valence-electron chi connectivity index (χ1n) is 6.35. The highest BCUT2D eigenvalue weighted by Gasteiger charge is 2.13. The van der Waals surface area contributed by atoms with Crippen LogP contribution in [0.4, 0.5) is 5.82 Å². The molecule has 5 nitrogen and oxygen atoms in total. The highest BCUT2D eigenvalue weighted by atomic mass is 35.5. The molecule has 0 unspecified atom stereocenters. The second-order valence-electron chi connectivity index (χ2n) is 4.64. The number of nitrogens with one attached hydrogen (secondary N) is 1. The zero-order valence-corrected chi connectivity index (χ0v) is 12.5. The van der Waals surface area contributed by atoms with E-state index in [1.165, 1.54) is 6.33 Å². The highest BCUT2D eigenvalue weighted by molar-refractivity contribution is 6.30. The minimum atomic E-state index is 0.248. The molecule has 2 rings (SSSR count). The van der Waals surface area contributed by atoms with Crippen LogP contribution in [0, 0.1) is 0 Å². The smallest absolute Gasteiger partial charge is 0.213 e. The fourth-order valence-corrected chi connectivity index (χ4v) is 2.24. The minimum absolute atomic E-state index is 0.248. The SMILES string of the molecule is COc1cc(CNc2ncnc(Cl)c2C(C)C)ccn1. The number of rotatable bonds is 5. The molecule has 0 atom stereocenters. The number of hydrogen-bond donors (Lipinski definition) is 1. The van der Waals surface area contributed by atoms with Gasteiger partial charge in [-0.25, -0.2) is 15.0 Å². The largest absolute Gasteiger partial charge is 0.481 e. The number of pyridine rings is 1. The average molecular weight is 293 g/mol. The van der Waals surface area contributed by atoms with E-state index in [4.69, 9.17) is 16.3 Å². The molecule has 0 bridgehead atoms. The van der Waals surface area contributed by atoms with Crippen molar-refractivity contribution in [1.82, 2.24) is 15.0 Å². The van der Waals surface area contributed by atoms with Gasteiger partial charge in [0.1, 0.15) is 17.3 Å². The second-order valence-corrected chi connectivity index (χ2v) is 5.00. The summed E-state index contributed by atoms with van der Waals surface area (Å²) in [7, 11) is 1.60. The van der Waals surface area contributed by atoms with Crippen LogP contribution in [0.2, 0.25) is 5.15 Å². The Morgan fingerprint density at radius 1 is 1.30 bits per heavy atom. The molecule has 106 valence electrons. The lowest BCUT2D eigenvalue weighted by Crippen LogP contribution is -2.07. The Morgan fingerprint density at radius 3 is 2.80 bits per heavy atom. The summed E-state index contributed by atoms with van der Waals surface area (Å²) in [6.45, 7) is 4.74. The molecule has 0 aliphatic heterocycles. The molecule has 0 radical (unpaired) electrons. The van der Waals surface area contributed by atoms with Crippen LogP contribution in [-0.4, -0.2) is 22.1 Å². The summed E-state index contributed by atoms with van der Waals surface area (Å²) in [4.78, 5) is 12.4. The van der Waals surface area contributed by atoms with E-state index < -0.39 is 0 Å². The Balaban J connectivity index is 2.16. The summed E-state index contributed by atoms with van der Waals surface area (Å²) in [5, 5.41) is 3.77. The predicted molar refractivity (Wildman–Crippen MR) is 79.2 cm³/mol. The number of ether oxygens (including phenoxy) is 1. The topological polar surface area (TPSA) is 59.9 Å². The summed E-state index contributed by atoms with van der Waals surface area (Å²) in [5.74, 6) is 1.60. The van der Waals surface area contributed by atoms with Gasteiger partial charge in [0.2, 0.25) is 5.88 Å². The molecule has 0 saturated carbocycles. The fraction of sp³-hybridized carbons (Fsp3) is 0.357. The first kappa shape index (κ1) is 14.5. The van der Waals surface area contributed by atoms with Crippen molar-refractivity contribution in [3.8, 4) is 5.88 Å². The van der Waals surface area contributed by atoms with Crippen LogP contribution >= 0.6 is 11.6 Å². The van der Waals surface area contributed by atoms with E-state index in [1.807, 2.05) is 12.1 Å². The molecule has 2 aromatic heterocycles. The normalized spacial score (nSPS) is 10.7. The van der Waals surface area contributed by atoms with Crippen molar-refractivity contribution < 1.29 is 4.74 Å². The van der Waals surface area contributed by atoms with Gasteiger partial charge in [-0.05, 0) is 17.5 Å². The molecule has 0 aromatic carbocycles. The zero-order chi connectivity index (χ0) is 14.5. The molecule has 0 aliphatic carbocycles. The van der Waals surface area contributed by atoms with Crippen LogP contribution in [0.15, 0.2) is 24.7 Å². The van der Waals surface area contributed by atoms with Crippen LogP contribution in [0.1, 0.15) is 30.9 Å². The van der Waals surface area contributed by atoms with Crippen molar-refractivity contribution in [3.63, 3.8) is 0 Å². The Bertz CT molecular complexity index is 589. The van der Waals surface area contributed by atoms with E-state index in [0.717, 1.165) is 16.9 Å². The molecule has 0 fully saturated rings. The highest BCUT2D eigenvalue weighted by Crippen LogP contribution is 2.28. The second kappa shape index (κ2) is 6.52. The first-order chi connectivity index (χ1) is 9.61. The maximum absolute atomic E-state index is 6.13. The standard InChI is InChI=1S/C14H17ClN4O/c1-9(2)12-13(15)18-8-19-14(12)17-7-10-4-5-16-11(6-10)20-3/h4-6,8-9H,7H2,1-3H3,(H,17,18,19). The van der Waals surface area contributed by atoms with Gasteiger partial charge in [0.05, 0.1) is 7.11 Å². The van der Waals surface area contributed by atoms with Gasteiger partial charge in [-0.1, -0.05) is 25.4 Å². The lowest BCUT2D eigenvalue weighted by atomic mass is 10.1. The zero-order valence-electron chi connectivity index (χ0n) is 11.7. The maximum Gasteiger partial charge on any atom is 0.213 e. The van der Waals surface area contributed by atoms with Gasteiger partial charge in [0.15, 0.2) is 0 Å². The van der Waals surface area contributed by atoms with Gasteiger partial charge in [0, 0.05) is 24.4 Å². The van der Waals surface area contributed by atoms with E-state index >= 15 is 0 Å². The molecule has 20 heavy (non-hydrogen) atoms. The molecule has 6 heteroatoms. The maximum atomic E-state index is 6.13. The molecule has 0 spiro atoms. The number of methoxy groups -OCH3 is 1. The van der Waals surface area contributed by atoms with Crippen LogP contribution < -0.4 is 10.1 Å². The molecule has 2 aromatic rings. The molecule has 1 N–H and O–H groups in total. The van der Waals surface area contributed by atoms with Gasteiger partial charge in [0.25, 0.3) is 0 Å². The Hall–Kier alpha value is -1.88. The third-order valence-corrected chi connectivity index (χ3v) is 3.18. The number of anilines is 1. The van der Waals surface area contributed by atoms with Crippen LogP contribution in [0.5, 0.6) is 5.88 Å². The van der Waals surface area contributed by atoms with Gasteiger partial charge in [-0.15, -0.1) is 0 Å². The van der Waals surface area contributed by atoms with Gasteiger partial charge < -0.3 is 10.1 Å². The molecule has 0 aliphatic rings. The lowest BCUT2D eigenvalue weighted by molar-refractivity contribution is 0.397.